The number of aromatic nitrogens is 4. The van der Waals surface area contributed by atoms with Gasteiger partial charge in [-0.05, 0) is 103 Å². The van der Waals surface area contributed by atoms with E-state index in [9.17, 15) is 4.39 Å². The van der Waals surface area contributed by atoms with Crippen LogP contribution < -0.4 is 10.0 Å². The van der Waals surface area contributed by atoms with Crippen LogP contribution in [0.3, 0.4) is 0 Å². The second-order valence-electron chi connectivity index (χ2n) is 12.6. The van der Waals surface area contributed by atoms with Crippen LogP contribution in [0.25, 0.3) is 50.0 Å². The van der Waals surface area contributed by atoms with E-state index in [0.29, 0.717) is 18.1 Å². The van der Waals surface area contributed by atoms with Gasteiger partial charge in [0.05, 0.1) is 11.4 Å². The first-order valence-corrected chi connectivity index (χ1v) is 18.4. The highest BCUT2D eigenvalue weighted by atomic mass is 32.2. The number of allylic oxidation sites excluding steroid dienone is 5. The van der Waals surface area contributed by atoms with Gasteiger partial charge in [0.2, 0.25) is 0 Å². The minimum Gasteiger partial charge on any atom is -0.359 e. The third kappa shape index (κ3) is 7.34. The van der Waals surface area contributed by atoms with Crippen molar-refractivity contribution in [1.29, 1.82) is 0 Å². The number of H-pyrrole nitrogens is 2. The maximum Gasteiger partial charge on any atom is 0.181 e. The average molecular weight is 647 g/mol. The van der Waals surface area contributed by atoms with Crippen molar-refractivity contribution in [3.63, 3.8) is 0 Å². The number of nitrogens with zero attached hydrogens (tertiary/aromatic N) is 2. The summed E-state index contributed by atoms with van der Waals surface area (Å²) >= 11 is 0. The van der Waals surface area contributed by atoms with E-state index in [4.69, 9.17) is 4.98 Å². The summed E-state index contributed by atoms with van der Waals surface area (Å²) in [5.74, 6) is 8.36. The van der Waals surface area contributed by atoms with Gasteiger partial charge in [-0.15, -0.1) is 0 Å². The van der Waals surface area contributed by atoms with E-state index in [1.807, 2.05) is 49.7 Å². The van der Waals surface area contributed by atoms with Gasteiger partial charge in [0, 0.05) is 46.0 Å². The Bertz CT molecular complexity index is 2140. The summed E-state index contributed by atoms with van der Waals surface area (Å²) in [6.07, 6.45) is 16.0. The molecule has 3 heterocycles. The summed E-state index contributed by atoms with van der Waals surface area (Å²) in [6.45, 7) is 10.9. The SMILES string of the molecule is C=C/C(=C\C(=C/C)c1cnc2n[nH]c(-c3cc4c(-c5cc(F)cc(CNS(=C)(=C)C)c5)cccc4[nH]3)c2c1)NC(=C)C1CCCCC1. The molecule has 0 radical (unpaired) electrons. The fourth-order valence-corrected chi connectivity index (χ4v) is 6.87. The van der Waals surface area contributed by atoms with Crippen molar-refractivity contribution in [3.8, 4) is 22.5 Å². The van der Waals surface area contributed by atoms with Crippen molar-refractivity contribution in [2.24, 2.45) is 5.92 Å². The monoisotopic (exact) mass is 646 g/mol. The summed E-state index contributed by atoms with van der Waals surface area (Å²) in [7, 11) is -1.42. The summed E-state index contributed by atoms with van der Waals surface area (Å²) in [5.41, 5.74) is 9.81. The maximum atomic E-state index is 14.8. The van der Waals surface area contributed by atoms with Crippen LogP contribution in [-0.2, 0) is 6.54 Å². The number of aromatic amines is 2. The van der Waals surface area contributed by atoms with Crippen LogP contribution >= 0.6 is 9.39 Å². The highest BCUT2D eigenvalue weighted by Gasteiger charge is 2.18. The van der Waals surface area contributed by atoms with Gasteiger partial charge < -0.3 is 10.3 Å². The smallest absolute Gasteiger partial charge is 0.181 e. The van der Waals surface area contributed by atoms with E-state index in [1.54, 1.807) is 12.1 Å². The minimum absolute atomic E-state index is 0.281. The summed E-state index contributed by atoms with van der Waals surface area (Å²) in [4.78, 5) is 8.25. The molecule has 242 valence electrons. The normalized spacial score (nSPS) is 15.0. The predicted octanol–water partition coefficient (Wildman–Crippen LogP) is 9.37. The number of halogens is 1. The first-order chi connectivity index (χ1) is 22.6. The number of benzene rings is 2. The number of hydrogen-bond acceptors (Lipinski definition) is 4. The number of fused-ring (bicyclic) bond motifs is 2. The molecule has 2 aromatic carbocycles. The molecule has 0 aliphatic heterocycles. The Hall–Kier alpha value is -4.66. The van der Waals surface area contributed by atoms with Crippen LogP contribution in [0.5, 0.6) is 0 Å². The molecule has 4 N–H and O–H groups in total. The van der Waals surface area contributed by atoms with Crippen LogP contribution in [0.1, 0.15) is 50.2 Å². The summed E-state index contributed by atoms with van der Waals surface area (Å²) in [5, 5.41) is 13.1. The molecule has 1 aliphatic carbocycles. The topological polar surface area (TPSA) is 81.4 Å². The van der Waals surface area contributed by atoms with Crippen molar-refractivity contribution in [3.05, 3.63) is 114 Å². The zero-order valence-corrected chi connectivity index (χ0v) is 28.1. The van der Waals surface area contributed by atoms with E-state index in [1.165, 1.54) is 32.1 Å². The van der Waals surface area contributed by atoms with Gasteiger partial charge in [-0.2, -0.15) is 14.5 Å². The molecule has 6 nitrogen and oxygen atoms in total. The van der Waals surface area contributed by atoms with E-state index in [0.717, 1.165) is 66.9 Å². The Labute approximate surface area is 277 Å². The molecule has 0 saturated heterocycles. The van der Waals surface area contributed by atoms with Crippen molar-refractivity contribution < 1.29 is 4.39 Å². The van der Waals surface area contributed by atoms with Gasteiger partial charge >= 0.3 is 0 Å². The number of nitrogens with one attached hydrogen (secondary N) is 4. The molecule has 6 rings (SSSR count). The summed E-state index contributed by atoms with van der Waals surface area (Å²) in [6, 6.07) is 15.4. The average Bonchev–Trinajstić information content (AvgIpc) is 3.69. The lowest BCUT2D eigenvalue weighted by Gasteiger charge is -2.25. The molecule has 1 saturated carbocycles. The van der Waals surface area contributed by atoms with Gasteiger partial charge in [-0.25, -0.2) is 9.37 Å². The Morgan fingerprint density at radius 1 is 1.09 bits per heavy atom. The fraction of sp³-hybridized carbons (Fsp3) is 0.231. The molecule has 0 amide bonds. The quantitative estimate of drug-likeness (QED) is 0.0852. The molecule has 1 aliphatic rings. The Kier molecular flexibility index (Phi) is 9.34. The molecule has 1 fully saturated rings. The molecule has 47 heavy (non-hydrogen) atoms. The van der Waals surface area contributed by atoms with Crippen LogP contribution in [0.15, 0.2) is 97.5 Å². The first kappa shape index (κ1) is 32.3. The van der Waals surface area contributed by atoms with Gasteiger partial charge in [0.1, 0.15) is 5.82 Å². The first-order valence-electron chi connectivity index (χ1n) is 16.0. The molecule has 0 unspecified atom stereocenters. The fourth-order valence-electron chi connectivity index (χ4n) is 6.36. The maximum absolute atomic E-state index is 14.8. The third-order valence-corrected chi connectivity index (χ3v) is 9.66. The summed E-state index contributed by atoms with van der Waals surface area (Å²) < 4.78 is 18.1. The van der Waals surface area contributed by atoms with Gasteiger partial charge in [0.15, 0.2) is 5.65 Å². The van der Waals surface area contributed by atoms with Crippen LogP contribution in [0, 0.1) is 11.7 Å². The third-order valence-electron chi connectivity index (χ3n) is 8.81. The van der Waals surface area contributed by atoms with Crippen molar-refractivity contribution in [2.45, 2.75) is 45.6 Å². The highest BCUT2D eigenvalue weighted by molar-refractivity contribution is 8.25. The largest absolute Gasteiger partial charge is 0.359 e. The highest BCUT2D eigenvalue weighted by Crippen LogP contribution is 2.35. The van der Waals surface area contributed by atoms with Gasteiger partial charge in [0.25, 0.3) is 0 Å². The zero-order valence-electron chi connectivity index (χ0n) is 27.3. The molecular formula is C39H43FN6S. The van der Waals surface area contributed by atoms with Gasteiger partial charge in [-0.3, -0.25) is 9.82 Å². The van der Waals surface area contributed by atoms with Crippen molar-refractivity contribution >= 4 is 48.6 Å². The number of rotatable bonds is 11. The van der Waals surface area contributed by atoms with Crippen LogP contribution in [0.2, 0.25) is 0 Å². The van der Waals surface area contributed by atoms with E-state index in [2.05, 4.69) is 74.4 Å². The Balaban J connectivity index is 1.32. The molecule has 0 bridgehead atoms. The second-order valence-corrected chi connectivity index (χ2v) is 15.5. The number of pyridine rings is 1. The number of hydrogen-bond donors (Lipinski definition) is 4. The van der Waals surface area contributed by atoms with Crippen LogP contribution in [-0.4, -0.2) is 38.2 Å². The lowest BCUT2D eigenvalue weighted by atomic mass is 9.87. The van der Waals surface area contributed by atoms with Gasteiger partial charge in [-0.1, -0.05) is 62.4 Å². The lowest BCUT2D eigenvalue weighted by molar-refractivity contribution is 0.393. The predicted molar refractivity (Wildman–Crippen MR) is 202 cm³/mol. The Morgan fingerprint density at radius 3 is 2.64 bits per heavy atom. The van der Waals surface area contributed by atoms with Crippen molar-refractivity contribution in [1.82, 2.24) is 30.2 Å². The van der Waals surface area contributed by atoms with E-state index < -0.39 is 9.39 Å². The van der Waals surface area contributed by atoms with E-state index >= 15 is 0 Å². The second kappa shape index (κ2) is 13.6. The molecule has 5 aromatic rings. The molecule has 3 aromatic heterocycles. The standard InChI is InChI=1S/C39H43FN6S/c1-7-27(20-32(8-2)43-25(3)28-13-10-9-11-14-28)30-21-35-38(45-46-39(35)41-24-30)37-22-34-33(15-12-16-36(34)44-37)29-17-26(18-31(40)19-29)23-42-47(4,5)6/h7-8,12,15-22,24,28,42-44H,2-5,9-11,13-14,23H2,1,6H3,(H,41,45,46)/b27-7+,32-20+. The molecule has 8 heteroatoms. The van der Waals surface area contributed by atoms with Crippen LogP contribution in [0.4, 0.5) is 4.39 Å². The molecule has 0 spiro atoms. The Morgan fingerprint density at radius 2 is 1.89 bits per heavy atom. The van der Waals surface area contributed by atoms with E-state index in [-0.39, 0.29) is 5.82 Å². The zero-order chi connectivity index (χ0) is 33.1. The molecule has 0 atom stereocenters. The molecular weight excluding hydrogens is 604 g/mol. The minimum atomic E-state index is -1.42. The van der Waals surface area contributed by atoms with Crippen molar-refractivity contribution in [2.75, 3.05) is 6.26 Å². The lowest BCUT2D eigenvalue weighted by Crippen LogP contribution is -2.20.